The van der Waals surface area contributed by atoms with Crippen LogP contribution in [0, 0.1) is 0 Å². The first kappa shape index (κ1) is 12.6. The van der Waals surface area contributed by atoms with Crippen molar-refractivity contribution in [2.24, 2.45) is 0 Å². The van der Waals surface area contributed by atoms with Crippen LogP contribution in [-0.2, 0) is 0 Å². The van der Waals surface area contributed by atoms with Crippen molar-refractivity contribution >= 4 is 45.1 Å². The summed E-state index contributed by atoms with van der Waals surface area (Å²) in [7, 11) is 0. The Hall–Kier alpha value is -2.10. The first-order valence-corrected chi connectivity index (χ1v) is 7.16. The zero-order valence-electron chi connectivity index (χ0n) is 10.8. The minimum Gasteiger partial charge on any atom is -0.360 e. The predicted octanol–water partition coefficient (Wildman–Crippen LogP) is 5.08. The van der Waals surface area contributed by atoms with Gasteiger partial charge in [-0.05, 0) is 18.2 Å². The number of nitrogens with one attached hydrogen (secondary N) is 1. The fourth-order valence-corrected chi connectivity index (χ4v) is 2.74. The fraction of sp³-hybridized carbons (Fsp3) is 0. The van der Waals surface area contributed by atoms with E-state index in [0.717, 1.165) is 33.2 Å². The SMILES string of the molecule is Clc1cc2ncc(-c3c[nH]c4ccccc34)nc2cc1Cl. The van der Waals surface area contributed by atoms with Crippen LogP contribution in [0.25, 0.3) is 33.2 Å². The van der Waals surface area contributed by atoms with Gasteiger partial charge >= 0.3 is 0 Å². The van der Waals surface area contributed by atoms with Gasteiger partial charge in [-0.2, -0.15) is 0 Å². The van der Waals surface area contributed by atoms with Crippen molar-refractivity contribution in [3.8, 4) is 11.3 Å². The van der Waals surface area contributed by atoms with Crippen LogP contribution in [-0.4, -0.2) is 15.0 Å². The lowest BCUT2D eigenvalue weighted by atomic mass is 10.1. The lowest BCUT2D eigenvalue weighted by molar-refractivity contribution is 1.30. The van der Waals surface area contributed by atoms with Gasteiger partial charge in [0, 0.05) is 22.7 Å². The Kier molecular flexibility index (Phi) is 2.84. The first-order chi connectivity index (χ1) is 10.2. The van der Waals surface area contributed by atoms with Crippen LogP contribution in [0.1, 0.15) is 0 Å². The number of aromatic amines is 1. The monoisotopic (exact) mass is 313 g/mol. The molecule has 0 spiro atoms. The molecule has 0 aliphatic rings. The van der Waals surface area contributed by atoms with E-state index >= 15 is 0 Å². The summed E-state index contributed by atoms with van der Waals surface area (Å²) in [5, 5.41) is 2.08. The van der Waals surface area contributed by atoms with Crippen LogP contribution in [0.5, 0.6) is 0 Å². The third kappa shape index (κ3) is 2.06. The van der Waals surface area contributed by atoms with Crippen LogP contribution in [0.2, 0.25) is 10.0 Å². The van der Waals surface area contributed by atoms with Gasteiger partial charge < -0.3 is 4.98 Å². The van der Waals surface area contributed by atoms with Gasteiger partial charge in [0.1, 0.15) is 0 Å². The number of nitrogens with zero attached hydrogens (tertiary/aromatic N) is 2. The summed E-state index contributed by atoms with van der Waals surface area (Å²) in [5.41, 5.74) is 4.35. The third-order valence-electron chi connectivity index (χ3n) is 3.45. The molecule has 1 N–H and O–H groups in total. The van der Waals surface area contributed by atoms with E-state index in [9.17, 15) is 0 Å². The highest BCUT2D eigenvalue weighted by Gasteiger charge is 2.09. The molecule has 0 aliphatic carbocycles. The Morgan fingerprint density at radius 3 is 2.57 bits per heavy atom. The molecule has 21 heavy (non-hydrogen) atoms. The second kappa shape index (κ2) is 4.72. The summed E-state index contributed by atoms with van der Waals surface area (Å²) in [6, 6.07) is 11.6. The van der Waals surface area contributed by atoms with E-state index in [1.807, 2.05) is 24.4 Å². The van der Waals surface area contributed by atoms with Gasteiger partial charge in [0.05, 0.1) is 33.0 Å². The van der Waals surface area contributed by atoms with E-state index < -0.39 is 0 Å². The molecule has 0 bridgehead atoms. The van der Waals surface area contributed by atoms with Gasteiger partial charge in [-0.15, -0.1) is 0 Å². The van der Waals surface area contributed by atoms with E-state index in [1.54, 1.807) is 18.3 Å². The number of hydrogen-bond acceptors (Lipinski definition) is 2. The molecule has 4 aromatic rings. The minimum absolute atomic E-state index is 0.481. The molecule has 0 amide bonds. The molecule has 3 nitrogen and oxygen atoms in total. The van der Waals surface area contributed by atoms with E-state index in [4.69, 9.17) is 23.2 Å². The Labute approximate surface area is 130 Å². The number of aromatic nitrogens is 3. The van der Waals surface area contributed by atoms with Crippen molar-refractivity contribution in [3.63, 3.8) is 0 Å². The third-order valence-corrected chi connectivity index (χ3v) is 4.17. The summed E-state index contributed by atoms with van der Waals surface area (Å²) in [5.74, 6) is 0. The molecule has 0 fully saturated rings. The van der Waals surface area contributed by atoms with Crippen LogP contribution in [0.3, 0.4) is 0 Å². The summed E-state index contributed by atoms with van der Waals surface area (Å²) in [4.78, 5) is 12.3. The van der Waals surface area contributed by atoms with E-state index in [-0.39, 0.29) is 0 Å². The Morgan fingerprint density at radius 2 is 1.71 bits per heavy atom. The standard InChI is InChI=1S/C16H9Cl2N3/c17-11-5-14-15(6-12(11)18)21-16(8-20-14)10-7-19-13-4-2-1-3-9(10)13/h1-8,19H. The molecule has 102 valence electrons. The minimum atomic E-state index is 0.481. The number of para-hydroxylation sites is 1. The number of benzene rings is 2. The maximum atomic E-state index is 6.05. The topological polar surface area (TPSA) is 41.6 Å². The van der Waals surface area contributed by atoms with Crippen LogP contribution in [0.15, 0.2) is 48.8 Å². The maximum Gasteiger partial charge on any atom is 0.0914 e. The van der Waals surface area contributed by atoms with Crippen molar-refractivity contribution in [3.05, 3.63) is 58.8 Å². The van der Waals surface area contributed by atoms with Gasteiger partial charge in [0.25, 0.3) is 0 Å². The summed E-state index contributed by atoms with van der Waals surface area (Å²) in [6.45, 7) is 0. The van der Waals surface area contributed by atoms with Gasteiger partial charge in [0.15, 0.2) is 0 Å². The Balaban J connectivity index is 1.96. The Morgan fingerprint density at radius 1 is 0.952 bits per heavy atom. The molecule has 2 heterocycles. The highest BCUT2D eigenvalue weighted by Crippen LogP contribution is 2.30. The highest BCUT2D eigenvalue weighted by molar-refractivity contribution is 6.42. The first-order valence-electron chi connectivity index (χ1n) is 6.41. The normalized spacial score (nSPS) is 11.3. The van der Waals surface area contributed by atoms with Gasteiger partial charge in [-0.1, -0.05) is 41.4 Å². The van der Waals surface area contributed by atoms with Crippen molar-refractivity contribution in [1.82, 2.24) is 15.0 Å². The van der Waals surface area contributed by atoms with E-state index in [0.29, 0.717) is 10.0 Å². The van der Waals surface area contributed by atoms with Crippen LogP contribution < -0.4 is 0 Å². The van der Waals surface area contributed by atoms with Gasteiger partial charge in [-0.3, -0.25) is 4.98 Å². The largest absolute Gasteiger partial charge is 0.360 e. The number of fused-ring (bicyclic) bond motifs is 2. The van der Waals surface area contributed by atoms with Crippen molar-refractivity contribution in [1.29, 1.82) is 0 Å². The lowest BCUT2D eigenvalue weighted by Gasteiger charge is -2.03. The zero-order chi connectivity index (χ0) is 14.4. The molecule has 0 atom stereocenters. The second-order valence-corrected chi connectivity index (χ2v) is 5.57. The van der Waals surface area contributed by atoms with Crippen molar-refractivity contribution in [2.45, 2.75) is 0 Å². The van der Waals surface area contributed by atoms with Gasteiger partial charge in [0.2, 0.25) is 0 Å². The molecule has 5 heteroatoms. The Bertz CT molecular complexity index is 976. The highest BCUT2D eigenvalue weighted by atomic mass is 35.5. The summed E-state index contributed by atoms with van der Waals surface area (Å²) in [6.07, 6.45) is 3.69. The average molecular weight is 314 g/mol. The smallest absolute Gasteiger partial charge is 0.0914 e. The number of hydrogen-bond donors (Lipinski definition) is 1. The van der Waals surface area contributed by atoms with E-state index in [2.05, 4.69) is 21.0 Å². The summed E-state index contributed by atoms with van der Waals surface area (Å²) < 4.78 is 0. The van der Waals surface area contributed by atoms with Gasteiger partial charge in [-0.25, -0.2) is 4.98 Å². The number of halogens is 2. The number of H-pyrrole nitrogens is 1. The molecular weight excluding hydrogens is 305 g/mol. The molecular formula is C16H9Cl2N3. The predicted molar refractivity (Wildman–Crippen MR) is 86.9 cm³/mol. The molecule has 4 rings (SSSR count). The van der Waals surface area contributed by atoms with Crippen LogP contribution >= 0.6 is 23.2 Å². The van der Waals surface area contributed by atoms with Crippen molar-refractivity contribution < 1.29 is 0 Å². The summed E-state index contributed by atoms with van der Waals surface area (Å²) >= 11 is 12.1. The molecule has 0 radical (unpaired) electrons. The van der Waals surface area contributed by atoms with Crippen LogP contribution in [0.4, 0.5) is 0 Å². The molecule has 0 saturated heterocycles. The molecule has 2 aromatic heterocycles. The average Bonchev–Trinajstić information content (AvgIpc) is 2.92. The van der Waals surface area contributed by atoms with E-state index in [1.165, 1.54) is 0 Å². The quantitative estimate of drug-likeness (QED) is 0.532. The lowest BCUT2D eigenvalue weighted by Crippen LogP contribution is -1.88. The number of rotatable bonds is 1. The molecule has 0 aliphatic heterocycles. The van der Waals surface area contributed by atoms with Crippen molar-refractivity contribution in [2.75, 3.05) is 0 Å². The zero-order valence-corrected chi connectivity index (χ0v) is 12.3. The molecule has 0 unspecified atom stereocenters. The molecule has 0 saturated carbocycles. The fourth-order valence-electron chi connectivity index (χ4n) is 2.42. The molecule has 2 aromatic carbocycles. The maximum absolute atomic E-state index is 6.05. The second-order valence-electron chi connectivity index (χ2n) is 4.76.